The Morgan fingerprint density at radius 1 is 1.32 bits per heavy atom. The third kappa shape index (κ3) is 4.85. The quantitative estimate of drug-likeness (QED) is 0.821. The summed E-state index contributed by atoms with van der Waals surface area (Å²) in [5.74, 6) is 0.848. The third-order valence-corrected chi connectivity index (χ3v) is 5.76. The van der Waals surface area contributed by atoms with Crippen LogP contribution in [-0.2, 0) is 14.8 Å². The normalized spacial score (nSPS) is 19.9. The second kappa shape index (κ2) is 8.05. The fourth-order valence-electron chi connectivity index (χ4n) is 3.04. The summed E-state index contributed by atoms with van der Waals surface area (Å²) in [6.07, 6.45) is 2.54. The second-order valence-corrected chi connectivity index (χ2v) is 8.28. The number of methoxy groups -OCH3 is 2. The zero-order valence-corrected chi connectivity index (χ0v) is 15.9. The van der Waals surface area contributed by atoms with Gasteiger partial charge in [0.1, 0.15) is 11.5 Å². The molecule has 1 aromatic rings. The van der Waals surface area contributed by atoms with Crippen molar-refractivity contribution in [1.82, 2.24) is 9.62 Å². The molecule has 1 aliphatic rings. The van der Waals surface area contributed by atoms with E-state index in [0.29, 0.717) is 30.9 Å². The lowest BCUT2D eigenvalue weighted by Crippen LogP contribution is -2.45. The lowest BCUT2D eigenvalue weighted by molar-refractivity contribution is -0.126. The molecule has 0 radical (unpaired) electrons. The molecule has 0 bridgehead atoms. The number of nitrogens with zero attached hydrogens (tertiary/aromatic N) is 1. The van der Waals surface area contributed by atoms with Gasteiger partial charge in [-0.05, 0) is 38.0 Å². The molecule has 140 valence electrons. The molecule has 0 aliphatic carbocycles. The van der Waals surface area contributed by atoms with E-state index in [4.69, 9.17) is 9.47 Å². The van der Waals surface area contributed by atoms with Crippen molar-refractivity contribution in [3.63, 3.8) is 0 Å². The Bertz CT molecular complexity index is 720. The molecule has 7 nitrogen and oxygen atoms in total. The van der Waals surface area contributed by atoms with Gasteiger partial charge < -0.3 is 14.8 Å². The van der Waals surface area contributed by atoms with Crippen molar-refractivity contribution in [3.05, 3.63) is 23.8 Å². The van der Waals surface area contributed by atoms with Crippen molar-refractivity contribution in [3.8, 4) is 11.5 Å². The van der Waals surface area contributed by atoms with E-state index in [9.17, 15) is 13.2 Å². The third-order valence-electron chi connectivity index (χ3n) is 4.49. The van der Waals surface area contributed by atoms with Crippen molar-refractivity contribution in [2.45, 2.75) is 25.8 Å². The summed E-state index contributed by atoms with van der Waals surface area (Å²) in [6, 6.07) is 5.13. The molecule has 2 rings (SSSR count). The van der Waals surface area contributed by atoms with E-state index in [2.05, 4.69) is 5.32 Å². The Kier molecular flexibility index (Phi) is 6.29. The van der Waals surface area contributed by atoms with E-state index in [1.807, 2.05) is 13.0 Å². The fraction of sp³-hybridized carbons (Fsp3) is 0.588. The van der Waals surface area contributed by atoms with Crippen LogP contribution in [0.4, 0.5) is 0 Å². The molecule has 1 saturated heterocycles. The number of carbonyl (C=O) groups excluding carboxylic acids is 1. The highest BCUT2D eigenvalue weighted by Crippen LogP contribution is 2.30. The Morgan fingerprint density at radius 3 is 2.64 bits per heavy atom. The molecule has 2 atom stereocenters. The summed E-state index contributed by atoms with van der Waals surface area (Å²) in [6.45, 7) is 2.57. The van der Waals surface area contributed by atoms with Gasteiger partial charge in [-0.15, -0.1) is 0 Å². The van der Waals surface area contributed by atoms with E-state index in [0.717, 1.165) is 5.56 Å². The van der Waals surface area contributed by atoms with Crippen LogP contribution in [0.2, 0.25) is 0 Å². The molecule has 1 heterocycles. The predicted molar refractivity (Wildman–Crippen MR) is 95.2 cm³/mol. The minimum Gasteiger partial charge on any atom is -0.497 e. The number of nitrogens with one attached hydrogen (secondary N) is 1. The molecular formula is C17H26N2O5S. The summed E-state index contributed by atoms with van der Waals surface area (Å²) in [4.78, 5) is 12.6. The first-order chi connectivity index (χ1) is 11.8. The number of piperidine rings is 1. The summed E-state index contributed by atoms with van der Waals surface area (Å²) in [7, 11) is -0.121. The number of sulfonamides is 1. The first kappa shape index (κ1) is 19.5. The Hall–Kier alpha value is -1.80. The monoisotopic (exact) mass is 370 g/mol. The first-order valence-corrected chi connectivity index (χ1v) is 10.1. The van der Waals surface area contributed by atoms with Gasteiger partial charge in [-0.25, -0.2) is 12.7 Å². The van der Waals surface area contributed by atoms with Crippen LogP contribution >= 0.6 is 0 Å². The van der Waals surface area contributed by atoms with Crippen LogP contribution in [0.1, 0.15) is 31.4 Å². The van der Waals surface area contributed by atoms with Gasteiger partial charge in [-0.2, -0.15) is 0 Å². The van der Waals surface area contributed by atoms with Crippen molar-refractivity contribution in [1.29, 1.82) is 0 Å². The van der Waals surface area contributed by atoms with Crippen LogP contribution in [0.5, 0.6) is 11.5 Å². The number of amides is 1. The van der Waals surface area contributed by atoms with Gasteiger partial charge in [0.2, 0.25) is 15.9 Å². The summed E-state index contributed by atoms with van der Waals surface area (Å²) < 4.78 is 35.4. The molecule has 8 heteroatoms. The van der Waals surface area contributed by atoms with Crippen LogP contribution in [0.3, 0.4) is 0 Å². The smallest absolute Gasteiger partial charge is 0.224 e. The number of ether oxygens (including phenoxy) is 2. The zero-order chi connectivity index (χ0) is 18.6. The number of benzene rings is 1. The molecule has 1 fully saturated rings. The topological polar surface area (TPSA) is 84.9 Å². The molecule has 1 aliphatic heterocycles. The van der Waals surface area contributed by atoms with Gasteiger partial charge in [0.25, 0.3) is 0 Å². The average molecular weight is 370 g/mol. The van der Waals surface area contributed by atoms with Gasteiger partial charge in [0.15, 0.2) is 0 Å². The summed E-state index contributed by atoms with van der Waals surface area (Å²) in [5, 5.41) is 2.97. The van der Waals surface area contributed by atoms with Gasteiger partial charge in [-0.1, -0.05) is 0 Å². The van der Waals surface area contributed by atoms with Crippen molar-refractivity contribution in [2.75, 3.05) is 33.6 Å². The Balaban J connectivity index is 2.09. The second-order valence-electron chi connectivity index (χ2n) is 6.30. The van der Waals surface area contributed by atoms with Gasteiger partial charge in [-0.3, -0.25) is 4.79 Å². The number of hydrogen-bond donors (Lipinski definition) is 1. The SMILES string of the molecule is COc1ccc(OC)c(C(C)NC(=O)C2CCCN(S(C)(=O)=O)C2)c1. The van der Waals surface area contributed by atoms with E-state index in [1.165, 1.54) is 10.6 Å². The van der Waals surface area contributed by atoms with Crippen LogP contribution in [0, 0.1) is 5.92 Å². The van der Waals surface area contributed by atoms with E-state index in [-0.39, 0.29) is 24.4 Å². The highest BCUT2D eigenvalue weighted by molar-refractivity contribution is 7.88. The average Bonchev–Trinajstić information content (AvgIpc) is 2.60. The lowest BCUT2D eigenvalue weighted by atomic mass is 9.97. The first-order valence-electron chi connectivity index (χ1n) is 8.23. The van der Waals surface area contributed by atoms with Crippen LogP contribution in [0.15, 0.2) is 18.2 Å². The molecule has 0 aromatic heterocycles. The molecule has 0 spiro atoms. The van der Waals surface area contributed by atoms with E-state index in [1.54, 1.807) is 26.4 Å². The molecule has 1 amide bonds. The maximum Gasteiger partial charge on any atom is 0.224 e. The maximum absolute atomic E-state index is 12.6. The van der Waals surface area contributed by atoms with Crippen LogP contribution < -0.4 is 14.8 Å². The molecular weight excluding hydrogens is 344 g/mol. The molecule has 0 saturated carbocycles. The fourth-order valence-corrected chi connectivity index (χ4v) is 3.96. The summed E-state index contributed by atoms with van der Waals surface area (Å²) in [5.41, 5.74) is 0.811. The largest absolute Gasteiger partial charge is 0.497 e. The minimum absolute atomic E-state index is 0.147. The van der Waals surface area contributed by atoms with Gasteiger partial charge in [0.05, 0.1) is 32.4 Å². The Morgan fingerprint density at radius 2 is 2.04 bits per heavy atom. The molecule has 25 heavy (non-hydrogen) atoms. The van der Waals surface area contributed by atoms with Gasteiger partial charge >= 0.3 is 0 Å². The van der Waals surface area contributed by atoms with Gasteiger partial charge in [0, 0.05) is 18.7 Å². The van der Waals surface area contributed by atoms with Crippen molar-refractivity contribution < 1.29 is 22.7 Å². The van der Waals surface area contributed by atoms with Crippen molar-refractivity contribution >= 4 is 15.9 Å². The molecule has 1 aromatic carbocycles. The number of carbonyl (C=O) groups is 1. The van der Waals surface area contributed by atoms with Crippen LogP contribution in [-0.4, -0.2) is 52.2 Å². The number of rotatable bonds is 6. The predicted octanol–water partition coefficient (Wildman–Crippen LogP) is 1.55. The van der Waals surface area contributed by atoms with Crippen LogP contribution in [0.25, 0.3) is 0 Å². The highest BCUT2D eigenvalue weighted by atomic mass is 32.2. The molecule has 2 unspecified atom stereocenters. The maximum atomic E-state index is 12.6. The standard InChI is InChI=1S/C17H26N2O5S/c1-12(15-10-14(23-2)7-8-16(15)24-3)18-17(20)13-6-5-9-19(11-13)25(4,21)22/h7-8,10,12-13H,5-6,9,11H2,1-4H3,(H,18,20). The minimum atomic E-state index is -3.28. The highest BCUT2D eigenvalue weighted by Gasteiger charge is 2.31. The molecule has 1 N–H and O–H groups in total. The van der Waals surface area contributed by atoms with E-state index >= 15 is 0 Å². The number of hydrogen-bond acceptors (Lipinski definition) is 5. The van der Waals surface area contributed by atoms with E-state index < -0.39 is 10.0 Å². The lowest BCUT2D eigenvalue weighted by Gasteiger charge is -2.31. The zero-order valence-electron chi connectivity index (χ0n) is 15.1. The Labute approximate surface area is 149 Å². The van der Waals surface area contributed by atoms with Crippen molar-refractivity contribution in [2.24, 2.45) is 5.92 Å². The summed E-state index contributed by atoms with van der Waals surface area (Å²) >= 11 is 0.